The number of aromatic nitrogens is 3. The van der Waals surface area contributed by atoms with Crippen LogP contribution in [0.15, 0.2) is 90.7 Å². The Labute approximate surface area is 229 Å². The van der Waals surface area contributed by atoms with Crippen molar-refractivity contribution in [1.29, 1.82) is 0 Å². The molecule has 0 saturated carbocycles. The first-order valence-electron chi connectivity index (χ1n) is 14.5. The van der Waals surface area contributed by atoms with Crippen molar-refractivity contribution >= 4 is 22.8 Å². The molecule has 0 radical (unpaired) electrons. The number of hydrazone groups is 1. The number of unbranched alkanes of at least 4 members (excludes halogenated alkanes) is 7. The van der Waals surface area contributed by atoms with E-state index in [1.807, 2.05) is 36.5 Å². The molecule has 2 aromatic heterocycles. The van der Waals surface area contributed by atoms with Gasteiger partial charge in [-0.1, -0.05) is 56.5 Å². The molecule has 0 amide bonds. The second-order valence-electron chi connectivity index (χ2n) is 10.3. The Hall–Kier alpha value is -3.47. The summed E-state index contributed by atoms with van der Waals surface area (Å²) in [6.45, 7) is 5.58. The van der Waals surface area contributed by atoms with Crippen LogP contribution in [-0.2, 0) is 19.6 Å². The molecule has 2 aromatic carbocycles. The van der Waals surface area contributed by atoms with Gasteiger partial charge in [-0.2, -0.15) is 9.67 Å². The molecule has 5 heteroatoms. The van der Waals surface area contributed by atoms with Gasteiger partial charge in [0, 0.05) is 31.2 Å². The normalized spacial score (nSPS) is 11.5. The van der Waals surface area contributed by atoms with Crippen LogP contribution in [0.4, 0.5) is 5.69 Å². The number of pyridine rings is 1. The quantitative estimate of drug-likeness (QED) is 0.0695. The van der Waals surface area contributed by atoms with E-state index in [1.54, 1.807) is 0 Å². The highest BCUT2D eigenvalue weighted by Crippen LogP contribution is 2.16. The minimum atomic E-state index is 1.05. The van der Waals surface area contributed by atoms with Gasteiger partial charge in [-0.15, -0.1) is 0 Å². The predicted molar refractivity (Wildman–Crippen MR) is 158 cm³/mol. The predicted octanol–water partition coefficient (Wildman–Crippen LogP) is 6.92. The van der Waals surface area contributed by atoms with Crippen LogP contribution in [0.2, 0.25) is 0 Å². The molecule has 0 aliphatic carbocycles. The Morgan fingerprint density at radius 1 is 0.789 bits per heavy atom. The Balaban J connectivity index is 1.22. The molecule has 0 saturated heterocycles. The molecule has 0 spiro atoms. The number of hydrogen-bond acceptors (Lipinski definition) is 2. The zero-order chi connectivity index (χ0) is 26.4. The highest BCUT2D eigenvalue weighted by atomic mass is 15.4. The number of hydrogen-bond donors (Lipinski definition) is 0. The molecule has 4 aromatic rings. The average molecular weight is 512 g/mol. The number of anilines is 1. The third-order valence-corrected chi connectivity index (χ3v) is 7.29. The number of fused-ring (bicyclic) bond motifs is 1. The highest BCUT2D eigenvalue weighted by Gasteiger charge is 2.11. The van der Waals surface area contributed by atoms with Gasteiger partial charge in [-0.3, -0.25) is 5.01 Å². The fraction of sp³-hybridized carbons (Fsp3) is 0.424. The van der Waals surface area contributed by atoms with Crippen LogP contribution in [0, 0.1) is 0 Å². The number of rotatable bonds is 16. The van der Waals surface area contributed by atoms with E-state index in [2.05, 4.69) is 93.1 Å². The molecule has 0 aliphatic heterocycles. The van der Waals surface area contributed by atoms with E-state index in [1.165, 1.54) is 68.7 Å². The standard InChI is InChI=1S/C33H45N5/c1-3-4-5-6-14-22-36-26-27-37(29-36)23-15-7-8-16-24-38-25-21-30(32-19-12-13-20-33(32)38)28-34-35(2)31-17-10-9-11-18-31/h9-13,17-21,25-29H,3-8,14-16,22-24H2,1-2H3/q+2. The molecule has 0 unspecified atom stereocenters. The number of aryl methyl sites for hydroxylation is 3. The number of imidazole rings is 1. The van der Waals surface area contributed by atoms with E-state index in [9.17, 15) is 0 Å². The fourth-order valence-corrected chi connectivity index (χ4v) is 5.01. The van der Waals surface area contributed by atoms with Gasteiger partial charge in [0.1, 0.15) is 18.9 Å². The topological polar surface area (TPSA) is 28.3 Å². The SMILES string of the molecule is CCCCCCC[n+]1ccn(CCCCCC[n+]2ccc(/C=N/N(C)c3ccccc3)c3ccccc32)c1. The molecule has 38 heavy (non-hydrogen) atoms. The number of para-hydroxylation sites is 2. The molecule has 0 fully saturated rings. The minimum absolute atomic E-state index is 1.05. The third kappa shape index (κ3) is 8.27. The summed E-state index contributed by atoms with van der Waals surface area (Å²) in [5, 5.41) is 7.84. The first-order chi connectivity index (χ1) is 18.7. The zero-order valence-electron chi connectivity index (χ0n) is 23.4. The lowest BCUT2D eigenvalue weighted by molar-refractivity contribution is -0.696. The van der Waals surface area contributed by atoms with Gasteiger partial charge in [0.2, 0.25) is 11.8 Å². The molecular formula is C33H45N5+2. The molecule has 5 nitrogen and oxygen atoms in total. The molecular weight excluding hydrogens is 466 g/mol. The van der Waals surface area contributed by atoms with Crippen molar-refractivity contribution < 1.29 is 9.13 Å². The highest BCUT2D eigenvalue weighted by molar-refractivity contribution is 5.97. The first kappa shape index (κ1) is 27.6. The Morgan fingerprint density at radius 3 is 2.37 bits per heavy atom. The lowest BCUT2D eigenvalue weighted by atomic mass is 10.1. The lowest BCUT2D eigenvalue weighted by Gasteiger charge is -2.12. The van der Waals surface area contributed by atoms with Gasteiger partial charge in [0.15, 0.2) is 6.20 Å². The van der Waals surface area contributed by atoms with Crippen molar-refractivity contribution in [3.05, 3.63) is 91.1 Å². The van der Waals surface area contributed by atoms with Gasteiger partial charge < -0.3 is 0 Å². The Kier molecular flexibility index (Phi) is 10.9. The van der Waals surface area contributed by atoms with Crippen molar-refractivity contribution in [2.45, 2.75) is 84.3 Å². The summed E-state index contributed by atoms with van der Waals surface area (Å²) in [7, 11) is 1.99. The van der Waals surface area contributed by atoms with E-state index in [4.69, 9.17) is 0 Å². The molecule has 2 heterocycles. The number of benzene rings is 2. The second-order valence-corrected chi connectivity index (χ2v) is 10.3. The van der Waals surface area contributed by atoms with Crippen LogP contribution < -0.4 is 14.1 Å². The zero-order valence-corrected chi connectivity index (χ0v) is 23.4. The lowest BCUT2D eigenvalue weighted by Crippen LogP contribution is -2.34. The van der Waals surface area contributed by atoms with Crippen LogP contribution in [0.5, 0.6) is 0 Å². The van der Waals surface area contributed by atoms with Crippen molar-refractivity contribution in [3.63, 3.8) is 0 Å². The van der Waals surface area contributed by atoms with Gasteiger partial charge in [-0.25, -0.2) is 9.13 Å². The van der Waals surface area contributed by atoms with Crippen molar-refractivity contribution in [2.75, 3.05) is 12.1 Å². The molecule has 0 N–H and O–H groups in total. The van der Waals surface area contributed by atoms with Gasteiger partial charge in [-0.05, 0) is 50.3 Å². The van der Waals surface area contributed by atoms with E-state index in [0.717, 1.165) is 30.9 Å². The van der Waals surface area contributed by atoms with E-state index in [0.29, 0.717) is 0 Å². The average Bonchev–Trinajstić information content (AvgIpc) is 3.42. The van der Waals surface area contributed by atoms with E-state index >= 15 is 0 Å². The summed E-state index contributed by atoms with van der Waals surface area (Å²) >= 11 is 0. The van der Waals surface area contributed by atoms with Crippen molar-refractivity contribution in [1.82, 2.24) is 4.57 Å². The van der Waals surface area contributed by atoms with E-state index < -0.39 is 0 Å². The van der Waals surface area contributed by atoms with Gasteiger partial charge >= 0.3 is 0 Å². The Bertz CT molecular complexity index is 1260. The maximum absolute atomic E-state index is 4.69. The number of nitrogens with zero attached hydrogens (tertiary/aromatic N) is 5. The molecule has 0 atom stereocenters. The molecule has 0 aliphatic rings. The van der Waals surface area contributed by atoms with Crippen LogP contribution in [-0.4, -0.2) is 17.8 Å². The van der Waals surface area contributed by atoms with Gasteiger partial charge in [0.25, 0.3) is 0 Å². The summed E-state index contributed by atoms with van der Waals surface area (Å²) in [6, 6.07) is 21.1. The van der Waals surface area contributed by atoms with Crippen LogP contribution >= 0.6 is 0 Å². The summed E-state index contributed by atoms with van der Waals surface area (Å²) < 4.78 is 7.09. The molecule has 200 valence electrons. The van der Waals surface area contributed by atoms with Crippen molar-refractivity contribution in [2.24, 2.45) is 5.10 Å². The molecule has 4 rings (SSSR count). The summed E-state index contributed by atoms with van der Waals surface area (Å²) in [5.41, 5.74) is 3.49. The van der Waals surface area contributed by atoms with E-state index in [-0.39, 0.29) is 0 Å². The first-order valence-corrected chi connectivity index (χ1v) is 14.5. The monoisotopic (exact) mass is 511 g/mol. The van der Waals surface area contributed by atoms with Crippen LogP contribution in [0.1, 0.15) is 70.3 Å². The summed E-state index contributed by atoms with van der Waals surface area (Å²) in [5.74, 6) is 0. The minimum Gasteiger partial charge on any atom is -0.269 e. The summed E-state index contributed by atoms with van der Waals surface area (Å²) in [6.07, 6.45) is 22.6. The smallest absolute Gasteiger partial charge is 0.243 e. The largest absolute Gasteiger partial charge is 0.269 e. The van der Waals surface area contributed by atoms with Gasteiger partial charge in [0.05, 0.1) is 30.4 Å². The summed E-state index contributed by atoms with van der Waals surface area (Å²) in [4.78, 5) is 0. The molecule has 0 bridgehead atoms. The fourth-order valence-electron chi connectivity index (χ4n) is 5.01. The third-order valence-electron chi connectivity index (χ3n) is 7.29. The van der Waals surface area contributed by atoms with Crippen LogP contribution in [0.3, 0.4) is 0 Å². The second kappa shape index (κ2) is 15.1. The Morgan fingerprint density at radius 2 is 1.53 bits per heavy atom. The maximum atomic E-state index is 4.69. The van der Waals surface area contributed by atoms with Crippen molar-refractivity contribution in [3.8, 4) is 0 Å². The maximum Gasteiger partial charge on any atom is 0.243 e. The van der Waals surface area contributed by atoms with Crippen LogP contribution in [0.25, 0.3) is 10.9 Å².